The van der Waals surface area contributed by atoms with Crippen LogP contribution >= 0.6 is 24.8 Å². The van der Waals surface area contributed by atoms with Crippen molar-refractivity contribution in [2.45, 2.75) is 32.4 Å². The van der Waals surface area contributed by atoms with Crippen LogP contribution in [0.1, 0.15) is 20.3 Å². The average molecular weight is 284 g/mol. The lowest BCUT2D eigenvalue weighted by Crippen LogP contribution is -2.31. The third-order valence-corrected chi connectivity index (χ3v) is 2.17. The van der Waals surface area contributed by atoms with Crippen LogP contribution in [-0.2, 0) is 0 Å². The molecule has 0 aliphatic rings. The lowest BCUT2D eigenvalue weighted by Gasteiger charge is -2.19. The Labute approximate surface area is 113 Å². The molecule has 1 heterocycles. The number of nitrogen functional groups attached to an aromatic ring is 1. The maximum atomic E-state index is 9.43. The van der Waals surface area contributed by atoms with Crippen molar-refractivity contribution in [1.82, 2.24) is 10.2 Å². The molecule has 1 rings (SSSR count). The highest BCUT2D eigenvalue weighted by molar-refractivity contribution is 5.85. The zero-order chi connectivity index (χ0) is 11.3. The van der Waals surface area contributed by atoms with E-state index in [4.69, 9.17) is 5.84 Å². The minimum absolute atomic E-state index is 0. The number of anilines is 2. The van der Waals surface area contributed by atoms with E-state index >= 15 is 0 Å². The zero-order valence-corrected chi connectivity index (χ0v) is 11.4. The number of nitrogens with one attached hydrogen (secondary N) is 2. The number of halogens is 2. The zero-order valence-electron chi connectivity index (χ0n) is 9.75. The second-order valence-corrected chi connectivity index (χ2v) is 3.35. The van der Waals surface area contributed by atoms with Crippen molar-refractivity contribution in [3.63, 3.8) is 0 Å². The van der Waals surface area contributed by atoms with Gasteiger partial charge in [0, 0.05) is 0 Å². The third kappa shape index (κ3) is 5.88. The van der Waals surface area contributed by atoms with Gasteiger partial charge in [0.2, 0.25) is 0 Å². The molecule has 0 spiro atoms. The van der Waals surface area contributed by atoms with Gasteiger partial charge in [-0.3, -0.25) is 0 Å². The van der Waals surface area contributed by atoms with Crippen molar-refractivity contribution in [3.8, 4) is 0 Å². The summed E-state index contributed by atoms with van der Waals surface area (Å²) in [7, 11) is 0. The fourth-order valence-electron chi connectivity index (χ4n) is 1.24. The predicted octanol–water partition coefficient (Wildman–Crippen LogP) is 1.18. The number of hydrogen-bond acceptors (Lipinski definition) is 6. The summed E-state index contributed by atoms with van der Waals surface area (Å²) >= 11 is 0. The quantitative estimate of drug-likeness (QED) is 0.479. The molecule has 0 amide bonds. The molecular formula is C9H19Cl2N5O. The summed E-state index contributed by atoms with van der Waals surface area (Å²) in [4.78, 5) is 0. The molecule has 0 saturated carbocycles. The normalized spacial score (nSPS) is 12.7. The van der Waals surface area contributed by atoms with E-state index in [2.05, 4.69) is 20.9 Å². The van der Waals surface area contributed by atoms with Crippen LogP contribution in [0.3, 0.4) is 0 Å². The molecule has 0 aliphatic heterocycles. The molecule has 0 bridgehead atoms. The number of rotatable bonds is 5. The molecule has 0 aliphatic carbocycles. The summed E-state index contributed by atoms with van der Waals surface area (Å²) in [6.45, 7) is 3.73. The second-order valence-electron chi connectivity index (χ2n) is 3.35. The number of nitrogens with two attached hydrogens (primary N) is 1. The topological polar surface area (TPSA) is 96.1 Å². The lowest BCUT2D eigenvalue weighted by atomic mass is 10.1. The Morgan fingerprint density at radius 2 is 1.82 bits per heavy atom. The van der Waals surface area contributed by atoms with E-state index in [1.807, 2.05) is 6.92 Å². The Morgan fingerprint density at radius 1 is 1.29 bits per heavy atom. The van der Waals surface area contributed by atoms with E-state index in [-0.39, 0.29) is 30.9 Å². The van der Waals surface area contributed by atoms with Crippen LogP contribution in [0.15, 0.2) is 12.1 Å². The molecule has 0 aromatic carbocycles. The maximum Gasteiger partial charge on any atom is 0.162 e. The molecule has 5 N–H and O–H groups in total. The van der Waals surface area contributed by atoms with Gasteiger partial charge in [-0.05, 0) is 25.5 Å². The van der Waals surface area contributed by atoms with Crippen molar-refractivity contribution in [3.05, 3.63) is 12.1 Å². The smallest absolute Gasteiger partial charge is 0.162 e. The van der Waals surface area contributed by atoms with Crippen molar-refractivity contribution >= 4 is 36.4 Å². The van der Waals surface area contributed by atoms with Crippen molar-refractivity contribution in [2.75, 3.05) is 10.7 Å². The Hall–Kier alpha value is -0.820. The van der Waals surface area contributed by atoms with E-state index in [0.29, 0.717) is 11.6 Å². The molecule has 0 saturated heterocycles. The largest absolute Gasteiger partial charge is 0.391 e. The van der Waals surface area contributed by atoms with Crippen molar-refractivity contribution < 1.29 is 5.11 Å². The fourth-order valence-corrected chi connectivity index (χ4v) is 1.24. The van der Waals surface area contributed by atoms with Crippen LogP contribution < -0.4 is 16.6 Å². The highest BCUT2D eigenvalue weighted by Crippen LogP contribution is 2.09. The molecule has 1 aromatic heterocycles. The van der Waals surface area contributed by atoms with Crippen molar-refractivity contribution in [1.29, 1.82) is 0 Å². The number of aliphatic hydroxyl groups is 1. The van der Waals surface area contributed by atoms with Gasteiger partial charge in [0.1, 0.15) is 5.82 Å². The average Bonchev–Trinajstić information content (AvgIpc) is 2.26. The number of hydrogen-bond donors (Lipinski definition) is 4. The van der Waals surface area contributed by atoms with Gasteiger partial charge in [-0.2, -0.15) is 0 Å². The van der Waals surface area contributed by atoms with Crippen LogP contribution in [0.4, 0.5) is 11.6 Å². The number of aliphatic hydroxyl groups excluding tert-OH is 1. The standard InChI is InChI=1S/C9H17N5O.2ClH/c1-3-7(6(2)15)11-8-4-5-9(12-10)14-13-8;;/h4-7,15H,3,10H2,1-2H3,(H,11,13)(H,12,14);2*1H. The highest BCUT2D eigenvalue weighted by atomic mass is 35.5. The first-order chi connectivity index (χ1) is 7.17. The summed E-state index contributed by atoms with van der Waals surface area (Å²) in [5, 5.41) is 20.2. The fraction of sp³-hybridized carbons (Fsp3) is 0.556. The van der Waals surface area contributed by atoms with Crippen LogP contribution in [0.5, 0.6) is 0 Å². The van der Waals surface area contributed by atoms with Crippen LogP contribution in [-0.4, -0.2) is 27.4 Å². The summed E-state index contributed by atoms with van der Waals surface area (Å²) in [6, 6.07) is 3.45. The van der Waals surface area contributed by atoms with Gasteiger partial charge >= 0.3 is 0 Å². The van der Waals surface area contributed by atoms with Crippen LogP contribution in [0, 0.1) is 0 Å². The van der Waals surface area contributed by atoms with Gasteiger partial charge in [0.25, 0.3) is 0 Å². The van der Waals surface area contributed by atoms with Gasteiger partial charge in [-0.1, -0.05) is 6.92 Å². The molecule has 2 unspecified atom stereocenters. The van der Waals surface area contributed by atoms with Gasteiger partial charge in [-0.15, -0.1) is 35.0 Å². The first-order valence-electron chi connectivity index (χ1n) is 4.92. The van der Waals surface area contributed by atoms with E-state index in [0.717, 1.165) is 6.42 Å². The SMILES string of the molecule is CCC(Nc1ccc(NN)nn1)C(C)O.Cl.Cl. The molecule has 0 radical (unpaired) electrons. The summed E-state index contributed by atoms with van der Waals surface area (Å²) in [5.74, 6) is 6.29. The van der Waals surface area contributed by atoms with E-state index in [9.17, 15) is 5.11 Å². The Balaban J connectivity index is 0. The second kappa shape index (κ2) is 9.23. The highest BCUT2D eigenvalue weighted by Gasteiger charge is 2.12. The van der Waals surface area contributed by atoms with Gasteiger partial charge in [0.15, 0.2) is 5.82 Å². The monoisotopic (exact) mass is 283 g/mol. The molecule has 1 aromatic rings. The summed E-state index contributed by atoms with van der Waals surface area (Å²) in [5.41, 5.74) is 2.39. The Morgan fingerprint density at radius 3 is 2.18 bits per heavy atom. The van der Waals surface area contributed by atoms with Gasteiger partial charge in [0.05, 0.1) is 12.1 Å². The summed E-state index contributed by atoms with van der Waals surface area (Å²) in [6.07, 6.45) is 0.389. The van der Waals surface area contributed by atoms with Gasteiger partial charge in [-0.25, -0.2) is 5.84 Å². The van der Waals surface area contributed by atoms with Crippen molar-refractivity contribution in [2.24, 2.45) is 5.84 Å². The number of nitrogens with zero attached hydrogens (tertiary/aromatic N) is 2. The lowest BCUT2D eigenvalue weighted by molar-refractivity contribution is 0.169. The van der Waals surface area contributed by atoms with E-state index < -0.39 is 6.10 Å². The van der Waals surface area contributed by atoms with Crippen LogP contribution in [0.2, 0.25) is 0 Å². The Kier molecular flexibility index (Phi) is 10.1. The van der Waals surface area contributed by atoms with E-state index in [1.165, 1.54) is 0 Å². The number of hydrazine groups is 1. The molecular weight excluding hydrogens is 265 g/mol. The molecule has 6 nitrogen and oxygen atoms in total. The molecule has 100 valence electrons. The van der Waals surface area contributed by atoms with Gasteiger partial charge < -0.3 is 15.8 Å². The number of aromatic nitrogens is 2. The molecule has 8 heteroatoms. The predicted molar refractivity (Wildman–Crippen MR) is 73.7 cm³/mol. The molecule has 2 atom stereocenters. The van der Waals surface area contributed by atoms with E-state index in [1.54, 1.807) is 19.1 Å². The van der Waals surface area contributed by atoms with Crippen LogP contribution in [0.25, 0.3) is 0 Å². The molecule has 0 fully saturated rings. The summed E-state index contributed by atoms with van der Waals surface area (Å²) < 4.78 is 0. The molecule has 17 heavy (non-hydrogen) atoms. The minimum Gasteiger partial charge on any atom is -0.391 e. The first kappa shape index (κ1) is 18.5. The first-order valence-corrected chi connectivity index (χ1v) is 4.92. The minimum atomic E-state index is -0.427. The maximum absolute atomic E-state index is 9.43. The third-order valence-electron chi connectivity index (χ3n) is 2.17. The Bertz CT molecular complexity index is 296.